The lowest BCUT2D eigenvalue weighted by molar-refractivity contribution is -0.312. The number of likely N-dealkylation sites (tertiary alicyclic amines) is 1. The first-order chi connectivity index (χ1) is 16.4. The quantitative estimate of drug-likeness (QED) is 0.546. The first kappa shape index (κ1) is 23.3. The number of benzene rings is 1. The molecule has 5 aliphatic carbocycles. The van der Waals surface area contributed by atoms with Gasteiger partial charge in [0, 0.05) is 46.5 Å². The second-order valence-corrected chi connectivity index (χ2v) is 14.8. The smallest absolute Gasteiger partial charge is 0.165 e. The van der Waals surface area contributed by atoms with Gasteiger partial charge in [-0.25, -0.2) is 0 Å². The molecule has 1 aromatic carbocycles. The fourth-order valence-corrected chi connectivity index (χ4v) is 10.2. The van der Waals surface area contributed by atoms with Gasteiger partial charge in [0.2, 0.25) is 0 Å². The second-order valence-electron chi connectivity index (χ2n) is 13.9. The predicted octanol–water partition coefficient (Wildman–Crippen LogP) is 5.18. The van der Waals surface area contributed by atoms with E-state index in [1.165, 1.54) is 30.5 Å². The van der Waals surface area contributed by atoms with Crippen molar-refractivity contribution in [3.05, 3.63) is 21.7 Å². The Hall–Kier alpha value is -0.820. The van der Waals surface area contributed by atoms with Crippen LogP contribution in [0, 0.1) is 22.7 Å². The molecule has 192 valence electrons. The summed E-state index contributed by atoms with van der Waals surface area (Å²) in [6, 6.07) is 2.27. The van der Waals surface area contributed by atoms with Gasteiger partial charge in [-0.05, 0) is 81.4 Å². The van der Waals surface area contributed by atoms with Crippen LogP contribution in [0.5, 0.6) is 11.5 Å². The molecule has 7 aliphatic rings. The van der Waals surface area contributed by atoms with E-state index >= 15 is 0 Å². The molecular formula is C29H40BrNO4. The molecule has 0 radical (unpaired) electrons. The molecule has 2 aliphatic heterocycles. The minimum atomic E-state index is -0.922. The van der Waals surface area contributed by atoms with E-state index in [9.17, 15) is 10.2 Å². The molecule has 6 heteroatoms. The van der Waals surface area contributed by atoms with Crippen LogP contribution in [0.25, 0.3) is 0 Å². The number of rotatable bonds is 4. The van der Waals surface area contributed by atoms with Crippen LogP contribution in [0.2, 0.25) is 0 Å². The van der Waals surface area contributed by atoms with Crippen molar-refractivity contribution in [2.45, 2.75) is 101 Å². The summed E-state index contributed by atoms with van der Waals surface area (Å²) in [5.41, 5.74) is 0.602. The van der Waals surface area contributed by atoms with Crippen LogP contribution in [0.4, 0.5) is 0 Å². The third-order valence-electron chi connectivity index (χ3n) is 11.9. The van der Waals surface area contributed by atoms with Gasteiger partial charge in [-0.15, -0.1) is 0 Å². The van der Waals surface area contributed by atoms with E-state index in [0.717, 1.165) is 49.0 Å². The molecule has 0 amide bonds. The molecule has 5 fully saturated rings. The number of methoxy groups -OCH3 is 1. The first-order valence-electron chi connectivity index (χ1n) is 13.7. The Morgan fingerprint density at radius 2 is 1.94 bits per heavy atom. The minimum Gasteiger partial charge on any atom is -0.504 e. The number of halogens is 1. The summed E-state index contributed by atoms with van der Waals surface area (Å²) in [6.45, 7) is 10.8. The van der Waals surface area contributed by atoms with E-state index in [-0.39, 0.29) is 34.0 Å². The van der Waals surface area contributed by atoms with Gasteiger partial charge in [0.05, 0.1) is 5.60 Å². The highest BCUT2D eigenvalue weighted by Crippen LogP contribution is 2.78. The highest BCUT2D eigenvalue weighted by Gasteiger charge is 2.82. The number of fused-ring (bicyclic) bond motifs is 2. The average molecular weight is 547 g/mol. The van der Waals surface area contributed by atoms with Crippen LogP contribution in [0.1, 0.15) is 77.3 Å². The Balaban J connectivity index is 1.49. The van der Waals surface area contributed by atoms with Crippen LogP contribution in [0.3, 0.4) is 0 Å². The fourth-order valence-electron chi connectivity index (χ4n) is 9.62. The van der Waals surface area contributed by atoms with Crippen molar-refractivity contribution in [1.82, 2.24) is 4.90 Å². The number of ether oxygens (including phenoxy) is 2. The maximum atomic E-state index is 12.2. The highest BCUT2D eigenvalue weighted by atomic mass is 79.9. The summed E-state index contributed by atoms with van der Waals surface area (Å²) in [5, 5.41) is 23.3. The summed E-state index contributed by atoms with van der Waals surface area (Å²) in [6.07, 6.45) is 7.48. The Morgan fingerprint density at radius 1 is 1.20 bits per heavy atom. The van der Waals surface area contributed by atoms with Crippen molar-refractivity contribution in [3.63, 3.8) is 0 Å². The molecule has 2 N–H and O–H groups in total. The number of hydrogen-bond donors (Lipinski definition) is 2. The number of nitrogens with zero attached hydrogens (tertiary/aromatic N) is 1. The fraction of sp³-hybridized carbons (Fsp3) is 0.793. The number of hydrogen-bond acceptors (Lipinski definition) is 5. The van der Waals surface area contributed by atoms with Crippen LogP contribution in [0.15, 0.2) is 10.5 Å². The van der Waals surface area contributed by atoms with Crippen molar-refractivity contribution in [2.24, 2.45) is 22.7 Å². The molecule has 2 spiro atoms. The van der Waals surface area contributed by atoms with Crippen LogP contribution >= 0.6 is 15.9 Å². The molecule has 2 heterocycles. The maximum Gasteiger partial charge on any atom is 0.165 e. The molecular weight excluding hydrogens is 506 g/mol. The van der Waals surface area contributed by atoms with Crippen molar-refractivity contribution in [2.75, 3.05) is 20.2 Å². The lowest BCUT2D eigenvalue weighted by Crippen LogP contribution is -2.83. The predicted molar refractivity (Wildman–Crippen MR) is 138 cm³/mol. The molecule has 5 nitrogen and oxygen atoms in total. The summed E-state index contributed by atoms with van der Waals surface area (Å²) < 4.78 is 14.5. The van der Waals surface area contributed by atoms with Gasteiger partial charge in [-0.3, -0.25) is 4.90 Å². The second kappa shape index (κ2) is 6.78. The maximum absolute atomic E-state index is 12.2. The lowest BCUT2D eigenvalue weighted by Gasteiger charge is -2.75. The molecule has 1 saturated heterocycles. The normalized spacial score (nSPS) is 43.0. The summed E-state index contributed by atoms with van der Waals surface area (Å²) >= 11 is 3.84. The molecule has 0 aromatic heterocycles. The Bertz CT molecular complexity index is 1110. The Kier molecular flexibility index (Phi) is 4.52. The number of aromatic hydroxyl groups is 1. The van der Waals surface area contributed by atoms with E-state index in [1.54, 1.807) is 0 Å². The van der Waals surface area contributed by atoms with Gasteiger partial charge < -0.3 is 19.7 Å². The third kappa shape index (κ3) is 2.52. The van der Waals surface area contributed by atoms with E-state index in [4.69, 9.17) is 9.47 Å². The number of aliphatic hydroxyl groups is 1. The van der Waals surface area contributed by atoms with Gasteiger partial charge >= 0.3 is 0 Å². The van der Waals surface area contributed by atoms with E-state index in [2.05, 4.69) is 41.6 Å². The molecule has 4 bridgehead atoms. The first-order valence-corrected chi connectivity index (χ1v) is 14.5. The average Bonchev–Trinajstić information content (AvgIpc) is 3.54. The van der Waals surface area contributed by atoms with Gasteiger partial charge in [0.15, 0.2) is 11.5 Å². The molecule has 7 atom stereocenters. The van der Waals surface area contributed by atoms with Crippen LogP contribution < -0.4 is 4.74 Å². The largest absolute Gasteiger partial charge is 0.504 e. The van der Waals surface area contributed by atoms with Gasteiger partial charge in [0.1, 0.15) is 11.7 Å². The lowest BCUT2D eigenvalue weighted by atomic mass is 9.33. The SMILES string of the molecule is CO[C@]12CC[C@@]3(C[C@@H]1[C@](C)(O)C(C)(C)C)[C@H]1Cc4c(Br)cc(O)c5c4[C@@]3(CCN1CC1CC1)[C@H]2O5. The zero-order chi connectivity index (χ0) is 24.8. The monoisotopic (exact) mass is 545 g/mol. The topological polar surface area (TPSA) is 62.2 Å². The van der Waals surface area contributed by atoms with E-state index in [0.29, 0.717) is 11.8 Å². The Morgan fingerprint density at radius 3 is 2.60 bits per heavy atom. The van der Waals surface area contributed by atoms with Crippen LogP contribution in [-0.2, 0) is 16.6 Å². The number of phenolic OH excluding ortho intramolecular Hbond substituents is 1. The van der Waals surface area contributed by atoms with E-state index in [1.807, 2.05) is 20.1 Å². The molecule has 4 saturated carbocycles. The Labute approximate surface area is 217 Å². The van der Waals surface area contributed by atoms with Gasteiger partial charge in [0.25, 0.3) is 0 Å². The third-order valence-corrected chi connectivity index (χ3v) is 12.6. The van der Waals surface area contributed by atoms with Crippen molar-refractivity contribution in [3.8, 4) is 11.5 Å². The zero-order valence-corrected chi connectivity index (χ0v) is 23.4. The molecule has 0 unspecified atom stereocenters. The van der Waals surface area contributed by atoms with E-state index < -0.39 is 11.2 Å². The number of piperidine rings is 1. The van der Waals surface area contributed by atoms with Crippen molar-refractivity contribution < 1.29 is 19.7 Å². The zero-order valence-electron chi connectivity index (χ0n) is 21.8. The molecule has 1 aromatic rings. The summed E-state index contributed by atoms with van der Waals surface area (Å²) in [4.78, 5) is 2.81. The molecule has 35 heavy (non-hydrogen) atoms. The van der Waals surface area contributed by atoms with Crippen molar-refractivity contribution >= 4 is 15.9 Å². The summed E-state index contributed by atoms with van der Waals surface area (Å²) in [5.74, 6) is 1.72. The van der Waals surface area contributed by atoms with Crippen LogP contribution in [-0.4, -0.2) is 58.7 Å². The standard InChI is InChI=1S/C29H40BrNO4/c1-25(2,3)26(4,33)20-14-27-8-9-29(20,34-5)24-28(27)10-11-31(15-16-6-7-16)21(27)12-17-18(30)13-19(32)23(35-24)22(17)28/h13,16,20-21,24,32-33H,6-12,14-15H2,1-5H3/t20-,21-,24-,26+,27-,28+,29-/m1/s1. The van der Waals surface area contributed by atoms with Gasteiger partial charge in [-0.1, -0.05) is 36.7 Å². The number of phenols is 1. The highest BCUT2D eigenvalue weighted by molar-refractivity contribution is 9.10. The summed E-state index contributed by atoms with van der Waals surface area (Å²) in [7, 11) is 1.83. The molecule has 8 rings (SSSR count). The van der Waals surface area contributed by atoms with Crippen molar-refractivity contribution in [1.29, 1.82) is 0 Å². The minimum absolute atomic E-state index is 0.0104. The van der Waals surface area contributed by atoms with Gasteiger partial charge in [-0.2, -0.15) is 0 Å².